The lowest BCUT2D eigenvalue weighted by Crippen LogP contribution is -2.56. The second-order valence-electron chi connectivity index (χ2n) is 8.98. The van der Waals surface area contributed by atoms with Crippen LogP contribution in [0.2, 0.25) is 0 Å². The molecular formula is C26H36N4O2. The molecule has 1 aromatic carbocycles. The molecule has 172 valence electrons. The zero-order valence-electron chi connectivity index (χ0n) is 19.2. The van der Waals surface area contributed by atoms with Crippen molar-refractivity contribution in [3.8, 4) is 0 Å². The lowest BCUT2D eigenvalue weighted by atomic mass is 9.93. The van der Waals surface area contributed by atoms with E-state index in [-0.39, 0.29) is 12.1 Å². The number of aromatic nitrogens is 1. The van der Waals surface area contributed by atoms with Gasteiger partial charge in [-0.05, 0) is 56.0 Å². The van der Waals surface area contributed by atoms with Crippen LogP contribution < -0.4 is 5.32 Å². The summed E-state index contributed by atoms with van der Waals surface area (Å²) >= 11 is 0. The third-order valence-corrected chi connectivity index (χ3v) is 6.86. The first-order valence-electron chi connectivity index (χ1n) is 12.0. The molecule has 0 spiro atoms. The molecule has 1 amide bonds. The van der Waals surface area contributed by atoms with Gasteiger partial charge in [0.15, 0.2) is 0 Å². The van der Waals surface area contributed by atoms with Gasteiger partial charge in [-0.3, -0.25) is 14.7 Å². The number of carbonyl (C=O) groups excluding carboxylic acids is 1. The molecule has 0 saturated carbocycles. The highest BCUT2D eigenvalue weighted by Crippen LogP contribution is 2.30. The third-order valence-electron chi connectivity index (χ3n) is 6.86. The Labute approximate surface area is 192 Å². The lowest BCUT2D eigenvalue weighted by molar-refractivity contribution is -0.138. The highest BCUT2D eigenvalue weighted by Gasteiger charge is 2.35. The van der Waals surface area contributed by atoms with Crippen LogP contribution in [0.1, 0.15) is 43.0 Å². The molecule has 2 atom stereocenters. The van der Waals surface area contributed by atoms with Gasteiger partial charge in [0.2, 0.25) is 5.91 Å². The van der Waals surface area contributed by atoms with Crippen LogP contribution in [0.25, 0.3) is 0 Å². The van der Waals surface area contributed by atoms with Gasteiger partial charge in [-0.25, -0.2) is 0 Å². The van der Waals surface area contributed by atoms with Crippen molar-refractivity contribution in [3.05, 3.63) is 66.0 Å². The van der Waals surface area contributed by atoms with Crippen LogP contribution in [0, 0.1) is 5.92 Å². The fourth-order valence-electron chi connectivity index (χ4n) is 5.13. The van der Waals surface area contributed by atoms with E-state index in [4.69, 9.17) is 9.72 Å². The van der Waals surface area contributed by atoms with Gasteiger partial charge in [0, 0.05) is 52.0 Å². The number of benzene rings is 1. The predicted octanol–water partition coefficient (Wildman–Crippen LogP) is 3.11. The van der Waals surface area contributed by atoms with Crippen LogP contribution in [-0.2, 0) is 9.53 Å². The molecule has 6 heteroatoms. The van der Waals surface area contributed by atoms with Gasteiger partial charge in [0.1, 0.15) is 0 Å². The van der Waals surface area contributed by atoms with Crippen LogP contribution in [-0.4, -0.2) is 73.2 Å². The fraction of sp³-hybridized carbons (Fsp3) is 0.538. The maximum atomic E-state index is 13.3. The summed E-state index contributed by atoms with van der Waals surface area (Å²) in [7, 11) is 1.74. The molecule has 6 nitrogen and oxygen atoms in total. The number of ether oxygens (including phenoxy) is 1. The third kappa shape index (κ3) is 5.74. The second kappa shape index (κ2) is 11.5. The number of hydrogen-bond acceptors (Lipinski definition) is 5. The van der Waals surface area contributed by atoms with Crippen molar-refractivity contribution in [3.63, 3.8) is 0 Å². The van der Waals surface area contributed by atoms with Crippen molar-refractivity contribution >= 4 is 5.91 Å². The van der Waals surface area contributed by atoms with E-state index in [0.29, 0.717) is 24.9 Å². The second-order valence-corrected chi connectivity index (χ2v) is 8.98. The number of methoxy groups -OCH3 is 1. The number of piperazine rings is 1. The van der Waals surface area contributed by atoms with Gasteiger partial charge in [0.05, 0.1) is 11.7 Å². The van der Waals surface area contributed by atoms with Crippen molar-refractivity contribution in [1.29, 1.82) is 0 Å². The summed E-state index contributed by atoms with van der Waals surface area (Å²) in [5.41, 5.74) is 2.30. The Bertz CT molecular complexity index is 787. The van der Waals surface area contributed by atoms with Crippen LogP contribution in [0.4, 0.5) is 0 Å². The Morgan fingerprint density at radius 1 is 1.12 bits per heavy atom. The number of hydrogen-bond donors (Lipinski definition) is 1. The van der Waals surface area contributed by atoms with Gasteiger partial charge < -0.3 is 15.0 Å². The number of carbonyl (C=O) groups is 1. The summed E-state index contributed by atoms with van der Waals surface area (Å²) in [6.07, 6.45) is 5.60. The number of piperidine rings is 1. The van der Waals surface area contributed by atoms with E-state index < -0.39 is 0 Å². The Hall–Kier alpha value is -2.28. The minimum Gasteiger partial charge on any atom is -0.385 e. The summed E-state index contributed by atoms with van der Waals surface area (Å²) in [6, 6.07) is 17.0. The quantitative estimate of drug-likeness (QED) is 0.689. The molecule has 2 aliphatic heterocycles. The van der Waals surface area contributed by atoms with Gasteiger partial charge in [0.25, 0.3) is 0 Å². The van der Waals surface area contributed by atoms with Gasteiger partial charge in [-0.2, -0.15) is 0 Å². The van der Waals surface area contributed by atoms with Crippen LogP contribution in [0.3, 0.4) is 0 Å². The minimum absolute atomic E-state index is 0.0871. The average Bonchev–Trinajstić information content (AvgIpc) is 2.85. The average molecular weight is 437 g/mol. The summed E-state index contributed by atoms with van der Waals surface area (Å²) in [6.45, 7) is 5.15. The Balaban J connectivity index is 1.52. The van der Waals surface area contributed by atoms with E-state index >= 15 is 0 Å². The first-order chi connectivity index (χ1) is 15.8. The maximum Gasteiger partial charge on any atom is 0.223 e. The van der Waals surface area contributed by atoms with Crippen molar-refractivity contribution in [2.75, 3.05) is 46.4 Å². The van der Waals surface area contributed by atoms with Gasteiger partial charge in [-0.1, -0.05) is 36.4 Å². The highest BCUT2D eigenvalue weighted by atomic mass is 16.5. The topological polar surface area (TPSA) is 57.7 Å². The van der Waals surface area contributed by atoms with Crippen molar-refractivity contribution in [1.82, 2.24) is 20.1 Å². The lowest BCUT2D eigenvalue weighted by Gasteiger charge is -2.45. The van der Waals surface area contributed by atoms with Crippen molar-refractivity contribution in [2.45, 2.75) is 37.8 Å². The van der Waals surface area contributed by atoms with Gasteiger partial charge >= 0.3 is 0 Å². The van der Waals surface area contributed by atoms with E-state index in [2.05, 4.69) is 57.6 Å². The van der Waals surface area contributed by atoms with Gasteiger partial charge in [-0.15, -0.1) is 0 Å². The molecule has 0 bridgehead atoms. The summed E-state index contributed by atoms with van der Waals surface area (Å²) < 4.78 is 5.41. The molecule has 2 fully saturated rings. The molecule has 1 aromatic heterocycles. The zero-order valence-corrected chi connectivity index (χ0v) is 19.2. The van der Waals surface area contributed by atoms with Crippen molar-refractivity contribution < 1.29 is 9.53 Å². The molecule has 3 heterocycles. The first kappa shape index (κ1) is 22.9. The van der Waals surface area contributed by atoms with Crippen LogP contribution in [0.15, 0.2) is 54.7 Å². The van der Waals surface area contributed by atoms with E-state index in [1.165, 1.54) is 5.56 Å². The predicted molar refractivity (Wildman–Crippen MR) is 126 cm³/mol. The summed E-state index contributed by atoms with van der Waals surface area (Å²) in [4.78, 5) is 22.6. The highest BCUT2D eigenvalue weighted by molar-refractivity contribution is 5.77. The Morgan fingerprint density at radius 2 is 1.91 bits per heavy atom. The standard InChI is InChI=1S/C26H36N4O2/c1-32-18-12-23-20-29(16-17-30(23)25(31)19-21-10-14-27-15-11-21)26(22-7-3-2-4-8-22)24-9-5-6-13-28-24/h2-9,13,21,23,26-27H,10-12,14-20H2,1H3/t23-,26+/m0/s1. The molecular weight excluding hydrogens is 400 g/mol. The van der Waals surface area contributed by atoms with E-state index in [1.54, 1.807) is 7.11 Å². The van der Waals surface area contributed by atoms with E-state index in [1.807, 2.05) is 12.3 Å². The maximum absolute atomic E-state index is 13.3. The monoisotopic (exact) mass is 436 g/mol. The smallest absolute Gasteiger partial charge is 0.223 e. The number of rotatable bonds is 8. The number of pyridine rings is 1. The number of nitrogens with zero attached hydrogens (tertiary/aromatic N) is 3. The fourth-order valence-corrected chi connectivity index (χ4v) is 5.13. The molecule has 0 aliphatic carbocycles. The molecule has 2 aromatic rings. The SMILES string of the molecule is COCC[C@H]1CN([C@H](c2ccccc2)c2ccccn2)CCN1C(=O)CC1CCNCC1. The number of nitrogens with one attached hydrogen (secondary N) is 1. The van der Waals surface area contributed by atoms with Crippen molar-refractivity contribution in [2.24, 2.45) is 5.92 Å². The summed E-state index contributed by atoms with van der Waals surface area (Å²) in [5.74, 6) is 0.821. The minimum atomic E-state index is 0.0871. The zero-order chi connectivity index (χ0) is 22.2. The largest absolute Gasteiger partial charge is 0.385 e. The normalized spacial score (nSPS) is 21.4. The molecule has 0 unspecified atom stereocenters. The van der Waals surface area contributed by atoms with E-state index in [0.717, 1.165) is 57.7 Å². The molecule has 4 rings (SSSR count). The summed E-state index contributed by atoms with van der Waals surface area (Å²) in [5, 5.41) is 3.40. The Morgan fingerprint density at radius 3 is 2.62 bits per heavy atom. The van der Waals surface area contributed by atoms with Crippen LogP contribution in [0.5, 0.6) is 0 Å². The number of amides is 1. The molecule has 0 radical (unpaired) electrons. The first-order valence-corrected chi connectivity index (χ1v) is 12.0. The molecule has 32 heavy (non-hydrogen) atoms. The van der Waals surface area contributed by atoms with Crippen LogP contribution >= 0.6 is 0 Å². The molecule has 2 saturated heterocycles. The Kier molecular flexibility index (Phi) is 8.26. The molecule has 2 aliphatic rings. The van der Waals surface area contributed by atoms with E-state index in [9.17, 15) is 4.79 Å². The molecule has 1 N–H and O–H groups in total.